The molecule has 54 heavy (non-hydrogen) atoms. The van der Waals surface area contributed by atoms with Gasteiger partial charge in [0.2, 0.25) is 0 Å². The van der Waals surface area contributed by atoms with Gasteiger partial charge >= 0.3 is 0 Å². The van der Waals surface area contributed by atoms with E-state index in [1.54, 1.807) is 0 Å². The van der Waals surface area contributed by atoms with Crippen LogP contribution in [0.2, 0.25) is 0 Å². The molecule has 252 valence electrons. The average Bonchev–Trinajstić information content (AvgIpc) is 3.81. The maximum atomic E-state index is 5.52. The molecule has 3 aromatic heterocycles. The van der Waals surface area contributed by atoms with Gasteiger partial charge in [-0.25, -0.2) is 9.97 Å². The van der Waals surface area contributed by atoms with Gasteiger partial charge in [0.15, 0.2) is 5.65 Å². The summed E-state index contributed by atoms with van der Waals surface area (Å²) in [5.74, 6) is 0. The van der Waals surface area contributed by atoms with Gasteiger partial charge in [0.25, 0.3) is 0 Å². The zero-order valence-corrected chi connectivity index (χ0v) is 29.9. The number of para-hydroxylation sites is 1. The third-order valence-corrected chi connectivity index (χ3v) is 12.1. The first kappa shape index (κ1) is 29.7. The molecule has 1 aliphatic rings. The highest BCUT2D eigenvalue weighted by molar-refractivity contribution is 6.31. The van der Waals surface area contributed by atoms with Gasteiger partial charge in [0, 0.05) is 27.1 Å². The third-order valence-electron chi connectivity index (χ3n) is 12.1. The molecule has 0 saturated heterocycles. The highest BCUT2D eigenvalue weighted by Gasteiger charge is 2.35. The fourth-order valence-electron chi connectivity index (χ4n) is 9.48. The summed E-state index contributed by atoms with van der Waals surface area (Å²) >= 11 is 0. The average molecular weight is 688 g/mol. The Hall–Kier alpha value is -6.84. The van der Waals surface area contributed by atoms with E-state index in [1.807, 2.05) is 0 Å². The van der Waals surface area contributed by atoms with Gasteiger partial charge < -0.3 is 0 Å². The maximum Gasteiger partial charge on any atom is 0.165 e. The summed E-state index contributed by atoms with van der Waals surface area (Å²) in [7, 11) is 0. The van der Waals surface area contributed by atoms with Crippen LogP contribution in [0.15, 0.2) is 164 Å². The van der Waals surface area contributed by atoms with E-state index in [0.29, 0.717) is 0 Å². The van der Waals surface area contributed by atoms with Gasteiger partial charge in [0.05, 0.1) is 22.1 Å². The highest BCUT2D eigenvalue weighted by Crippen LogP contribution is 2.50. The number of aromatic nitrogens is 3. The molecule has 0 fully saturated rings. The normalized spacial score (nSPS) is 13.5. The van der Waals surface area contributed by atoms with E-state index in [2.05, 4.69) is 182 Å². The van der Waals surface area contributed by atoms with E-state index in [-0.39, 0.29) is 5.41 Å². The summed E-state index contributed by atoms with van der Waals surface area (Å²) in [4.78, 5) is 10.9. The van der Waals surface area contributed by atoms with Crippen molar-refractivity contribution in [2.75, 3.05) is 0 Å². The number of benzene rings is 8. The van der Waals surface area contributed by atoms with Gasteiger partial charge in [-0.05, 0) is 91.2 Å². The fraction of sp³-hybridized carbons (Fsp3) is 0.0588. The third kappa shape index (κ3) is 3.96. The summed E-state index contributed by atoms with van der Waals surface area (Å²) in [5, 5.41) is 6.09. The van der Waals surface area contributed by atoms with Crippen LogP contribution in [0.3, 0.4) is 0 Å². The number of fused-ring (bicyclic) bond motifs is 12. The predicted molar refractivity (Wildman–Crippen MR) is 226 cm³/mol. The number of hydrogen-bond donors (Lipinski definition) is 0. The molecular weight excluding hydrogens is 655 g/mol. The first-order valence-corrected chi connectivity index (χ1v) is 18.7. The summed E-state index contributed by atoms with van der Waals surface area (Å²) in [6, 6.07) is 59.7. The molecule has 0 atom stereocenters. The molecule has 0 aliphatic heterocycles. The minimum absolute atomic E-state index is 0.0156. The Kier molecular flexibility index (Phi) is 5.84. The van der Waals surface area contributed by atoms with E-state index in [9.17, 15) is 0 Å². The molecule has 8 aromatic carbocycles. The van der Waals surface area contributed by atoms with Gasteiger partial charge in [-0.15, -0.1) is 0 Å². The molecule has 0 unspecified atom stereocenters. The number of hydrogen-bond acceptors (Lipinski definition) is 2. The Bertz CT molecular complexity index is 3330. The molecule has 0 amide bonds. The molecular formula is C51H33N3. The van der Waals surface area contributed by atoms with Crippen molar-refractivity contribution in [3.05, 3.63) is 175 Å². The quantitative estimate of drug-likeness (QED) is 0.185. The minimum Gasteiger partial charge on any atom is -0.291 e. The van der Waals surface area contributed by atoms with Crippen LogP contribution in [0.5, 0.6) is 0 Å². The lowest BCUT2D eigenvalue weighted by Gasteiger charge is -2.21. The van der Waals surface area contributed by atoms with E-state index < -0.39 is 0 Å². The second-order valence-corrected chi connectivity index (χ2v) is 15.4. The van der Waals surface area contributed by atoms with Crippen molar-refractivity contribution in [3.8, 4) is 44.5 Å². The molecule has 0 saturated carbocycles. The zero-order chi connectivity index (χ0) is 35.7. The van der Waals surface area contributed by atoms with Crippen molar-refractivity contribution < 1.29 is 0 Å². The molecule has 0 N–H and O–H groups in total. The van der Waals surface area contributed by atoms with Crippen molar-refractivity contribution in [3.63, 3.8) is 0 Å². The Labute approximate surface area is 312 Å². The second-order valence-electron chi connectivity index (χ2n) is 15.4. The van der Waals surface area contributed by atoms with Crippen LogP contribution in [-0.4, -0.2) is 14.4 Å². The lowest BCUT2D eigenvalue weighted by Crippen LogP contribution is -2.14. The Morgan fingerprint density at radius 2 is 1.13 bits per heavy atom. The molecule has 12 rings (SSSR count). The molecule has 3 heteroatoms. The van der Waals surface area contributed by atoms with Gasteiger partial charge in [0.1, 0.15) is 5.52 Å². The van der Waals surface area contributed by atoms with Crippen molar-refractivity contribution in [2.24, 2.45) is 0 Å². The van der Waals surface area contributed by atoms with Gasteiger partial charge in [-0.3, -0.25) is 4.40 Å². The van der Waals surface area contributed by atoms with Crippen LogP contribution in [0.25, 0.3) is 105 Å². The molecule has 0 bridgehead atoms. The molecule has 1 aliphatic carbocycles. The smallest absolute Gasteiger partial charge is 0.165 e. The van der Waals surface area contributed by atoms with Crippen LogP contribution >= 0.6 is 0 Å². The maximum absolute atomic E-state index is 5.52. The van der Waals surface area contributed by atoms with Crippen LogP contribution in [-0.2, 0) is 5.41 Å². The Morgan fingerprint density at radius 1 is 0.444 bits per heavy atom. The van der Waals surface area contributed by atoms with Crippen LogP contribution in [0.4, 0.5) is 0 Å². The van der Waals surface area contributed by atoms with Gasteiger partial charge in [-0.2, -0.15) is 0 Å². The fourth-order valence-corrected chi connectivity index (χ4v) is 9.48. The summed E-state index contributed by atoms with van der Waals surface area (Å²) in [6.45, 7) is 4.68. The molecule has 3 heterocycles. The summed E-state index contributed by atoms with van der Waals surface area (Å²) < 4.78 is 2.37. The predicted octanol–water partition coefficient (Wildman–Crippen LogP) is 13.2. The monoisotopic (exact) mass is 687 g/mol. The summed E-state index contributed by atoms with van der Waals surface area (Å²) in [6.07, 6.45) is 0. The van der Waals surface area contributed by atoms with Crippen LogP contribution in [0.1, 0.15) is 25.0 Å². The van der Waals surface area contributed by atoms with Crippen molar-refractivity contribution >= 4 is 60.2 Å². The van der Waals surface area contributed by atoms with E-state index in [4.69, 9.17) is 9.97 Å². The van der Waals surface area contributed by atoms with Crippen LogP contribution < -0.4 is 0 Å². The van der Waals surface area contributed by atoms with Crippen molar-refractivity contribution in [2.45, 2.75) is 19.3 Å². The largest absolute Gasteiger partial charge is 0.291 e. The standard InChI is InChI=1S/C51H33N3/c1-51(2)42-17-9-8-15-38(42)39-27-33(23-25-43(39)51)34-24-26-45-40(28-34)46-36-14-7-6-13-35(36)29-41-48-50(54(45)49(41)46)53-47-37(16-10-18-44(47)52-48)32-21-19-31(20-22-32)30-11-4-3-5-12-30/h3-29H,1-2H3. The lowest BCUT2D eigenvalue weighted by atomic mass is 9.82. The first-order chi connectivity index (χ1) is 26.5. The molecule has 11 aromatic rings. The Morgan fingerprint density at radius 3 is 2.02 bits per heavy atom. The lowest BCUT2D eigenvalue weighted by molar-refractivity contribution is 0.660. The van der Waals surface area contributed by atoms with Gasteiger partial charge in [-0.1, -0.05) is 147 Å². The highest BCUT2D eigenvalue weighted by atomic mass is 15.0. The van der Waals surface area contributed by atoms with E-state index in [0.717, 1.165) is 44.2 Å². The SMILES string of the molecule is CC1(C)c2ccccc2-c2cc(-c3ccc4c(c3)c3c5ccccc5cc5c6nc7cccc(-c8ccc(-c9ccccc9)cc8)c7nc6n4c53)ccc21. The number of rotatable bonds is 3. The van der Waals surface area contributed by atoms with E-state index in [1.165, 1.54) is 71.6 Å². The molecule has 0 spiro atoms. The summed E-state index contributed by atoms with van der Waals surface area (Å²) in [5.41, 5.74) is 18.5. The minimum atomic E-state index is -0.0156. The van der Waals surface area contributed by atoms with Crippen LogP contribution in [0, 0.1) is 0 Å². The number of nitrogens with zero attached hydrogens (tertiary/aromatic N) is 3. The second kappa shape index (κ2) is 10.6. The first-order valence-electron chi connectivity index (χ1n) is 18.7. The molecule has 0 radical (unpaired) electrons. The molecule has 3 nitrogen and oxygen atoms in total. The zero-order valence-electron chi connectivity index (χ0n) is 29.9. The van der Waals surface area contributed by atoms with Crippen molar-refractivity contribution in [1.82, 2.24) is 14.4 Å². The topological polar surface area (TPSA) is 30.2 Å². The van der Waals surface area contributed by atoms with Crippen molar-refractivity contribution in [1.29, 1.82) is 0 Å². The van der Waals surface area contributed by atoms with E-state index >= 15 is 0 Å². The Balaban J connectivity index is 1.10.